The Hall–Kier alpha value is -2.63. The molecule has 0 atom stereocenters. The van der Waals surface area contributed by atoms with Gasteiger partial charge in [-0.3, -0.25) is 4.79 Å². The number of halogens is 1. The van der Waals surface area contributed by atoms with Gasteiger partial charge in [0.2, 0.25) is 5.91 Å². The number of nitrogens with zero attached hydrogens (tertiary/aromatic N) is 2. The summed E-state index contributed by atoms with van der Waals surface area (Å²) in [5.41, 5.74) is 5.58. The number of aryl methyl sites for hydroxylation is 1. The lowest BCUT2D eigenvalue weighted by Gasteiger charge is -2.11. The van der Waals surface area contributed by atoms with Gasteiger partial charge in [-0.1, -0.05) is 36.7 Å². The number of para-hydroxylation sites is 1. The van der Waals surface area contributed by atoms with E-state index in [4.69, 9.17) is 11.6 Å². The fourth-order valence-corrected chi connectivity index (χ4v) is 3.30. The summed E-state index contributed by atoms with van der Waals surface area (Å²) in [6.45, 7) is 7.58. The Morgan fingerprint density at radius 3 is 2.54 bits per heavy atom. The third kappa shape index (κ3) is 4.61. The average molecular weight is 397 g/mol. The molecule has 0 bridgehead atoms. The van der Waals surface area contributed by atoms with E-state index in [0.717, 1.165) is 47.0 Å². The molecule has 28 heavy (non-hydrogen) atoms. The fraction of sp³-hybridized carbons (Fsp3) is 0.273. The van der Waals surface area contributed by atoms with Gasteiger partial charge in [0.05, 0.1) is 17.8 Å². The van der Waals surface area contributed by atoms with Crippen LogP contribution >= 0.6 is 11.6 Å². The Bertz CT molecular complexity index is 963. The summed E-state index contributed by atoms with van der Waals surface area (Å²) in [7, 11) is 0. The van der Waals surface area contributed by atoms with E-state index >= 15 is 0 Å². The molecule has 0 spiro atoms. The van der Waals surface area contributed by atoms with E-state index in [9.17, 15) is 4.79 Å². The van der Waals surface area contributed by atoms with Gasteiger partial charge in [0.1, 0.15) is 0 Å². The third-order valence-electron chi connectivity index (χ3n) is 4.71. The first-order valence-corrected chi connectivity index (χ1v) is 9.77. The van der Waals surface area contributed by atoms with E-state index in [1.54, 1.807) is 0 Å². The lowest BCUT2D eigenvalue weighted by Crippen LogP contribution is -2.18. The van der Waals surface area contributed by atoms with Crippen LogP contribution in [0.4, 0.5) is 5.69 Å². The molecule has 0 saturated carbocycles. The van der Waals surface area contributed by atoms with Gasteiger partial charge in [-0.15, -0.1) is 0 Å². The maximum absolute atomic E-state index is 12.7. The van der Waals surface area contributed by atoms with Crippen molar-refractivity contribution in [2.75, 3.05) is 11.9 Å². The third-order valence-corrected chi connectivity index (χ3v) is 4.96. The molecule has 0 aliphatic rings. The minimum Gasteiger partial charge on any atom is -0.325 e. The maximum Gasteiger partial charge on any atom is 0.228 e. The normalized spacial score (nSPS) is 10.9. The van der Waals surface area contributed by atoms with Crippen LogP contribution in [0, 0.1) is 13.8 Å². The van der Waals surface area contributed by atoms with Crippen LogP contribution in [0.15, 0.2) is 48.5 Å². The lowest BCUT2D eigenvalue weighted by molar-refractivity contribution is -0.115. The summed E-state index contributed by atoms with van der Waals surface area (Å²) in [5, 5.41) is 11.6. The van der Waals surface area contributed by atoms with E-state index in [1.807, 2.05) is 67.1 Å². The van der Waals surface area contributed by atoms with Crippen LogP contribution in [0.3, 0.4) is 0 Å². The molecule has 1 heterocycles. The topological polar surface area (TPSA) is 58.9 Å². The summed E-state index contributed by atoms with van der Waals surface area (Å²) < 4.78 is 1.85. The van der Waals surface area contributed by atoms with Crippen LogP contribution in [0.2, 0.25) is 5.02 Å². The quantitative estimate of drug-likeness (QED) is 0.621. The molecule has 0 saturated heterocycles. The zero-order chi connectivity index (χ0) is 20.1. The molecule has 2 N–H and O–H groups in total. The standard InChI is InChI=1S/C22H25ClN4O/c1-4-24-14-17-7-5-6-8-21(17)25-22(28)13-20-15(2)26-27(16(20)3)19-11-9-18(23)10-12-19/h5-12,24H,4,13-14H2,1-3H3,(H,25,28). The first-order chi connectivity index (χ1) is 13.5. The second-order valence-electron chi connectivity index (χ2n) is 6.70. The molecule has 2 aromatic carbocycles. The highest BCUT2D eigenvalue weighted by Gasteiger charge is 2.16. The number of anilines is 1. The monoisotopic (exact) mass is 396 g/mol. The zero-order valence-corrected chi connectivity index (χ0v) is 17.2. The highest BCUT2D eigenvalue weighted by atomic mass is 35.5. The molecule has 146 valence electrons. The number of hydrogen-bond donors (Lipinski definition) is 2. The maximum atomic E-state index is 12.7. The second-order valence-corrected chi connectivity index (χ2v) is 7.14. The summed E-state index contributed by atoms with van der Waals surface area (Å²) in [5.74, 6) is -0.0502. The van der Waals surface area contributed by atoms with Crippen molar-refractivity contribution in [2.45, 2.75) is 33.7 Å². The number of nitrogens with one attached hydrogen (secondary N) is 2. The molecule has 1 amide bonds. The molecule has 6 heteroatoms. The molecule has 0 unspecified atom stereocenters. The lowest BCUT2D eigenvalue weighted by atomic mass is 10.1. The molecule has 3 aromatic rings. The molecule has 0 fully saturated rings. The number of amides is 1. The van der Waals surface area contributed by atoms with Gasteiger partial charge in [-0.25, -0.2) is 4.68 Å². The Morgan fingerprint density at radius 2 is 1.82 bits per heavy atom. The van der Waals surface area contributed by atoms with Gasteiger partial charge >= 0.3 is 0 Å². The van der Waals surface area contributed by atoms with E-state index < -0.39 is 0 Å². The van der Waals surface area contributed by atoms with Gasteiger partial charge in [0.15, 0.2) is 0 Å². The van der Waals surface area contributed by atoms with Crippen molar-refractivity contribution < 1.29 is 4.79 Å². The summed E-state index contributed by atoms with van der Waals surface area (Å²) in [6.07, 6.45) is 0.279. The van der Waals surface area contributed by atoms with Crippen LogP contribution < -0.4 is 10.6 Å². The predicted molar refractivity (Wildman–Crippen MR) is 114 cm³/mol. The first kappa shape index (κ1) is 20.1. The van der Waals surface area contributed by atoms with Gasteiger partial charge in [0, 0.05) is 28.5 Å². The zero-order valence-electron chi connectivity index (χ0n) is 16.4. The van der Waals surface area contributed by atoms with Crippen LogP contribution in [-0.2, 0) is 17.8 Å². The smallest absolute Gasteiger partial charge is 0.228 e. The average Bonchev–Trinajstić information content (AvgIpc) is 2.96. The highest BCUT2D eigenvalue weighted by Crippen LogP contribution is 2.21. The van der Waals surface area contributed by atoms with Crippen LogP contribution in [0.25, 0.3) is 5.69 Å². The summed E-state index contributed by atoms with van der Waals surface area (Å²) >= 11 is 5.98. The number of carbonyl (C=O) groups is 1. The number of carbonyl (C=O) groups excluding carboxylic acids is 1. The SMILES string of the molecule is CCNCc1ccccc1NC(=O)Cc1c(C)nn(-c2ccc(Cl)cc2)c1C. The van der Waals surface area contributed by atoms with Crippen molar-refractivity contribution in [2.24, 2.45) is 0 Å². The van der Waals surface area contributed by atoms with Gasteiger partial charge in [-0.2, -0.15) is 5.10 Å². The molecule has 1 aromatic heterocycles. The second kappa shape index (κ2) is 9.04. The summed E-state index contributed by atoms with van der Waals surface area (Å²) in [6, 6.07) is 15.4. The predicted octanol–water partition coefficient (Wildman–Crippen LogP) is 4.43. The van der Waals surface area contributed by atoms with Crippen molar-refractivity contribution in [3.8, 4) is 5.69 Å². The van der Waals surface area contributed by atoms with Crippen molar-refractivity contribution >= 4 is 23.2 Å². The van der Waals surface area contributed by atoms with E-state index in [-0.39, 0.29) is 12.3 Å². The number of rotatable bonds is 7. The van der Waals surface area contributed by atoms with Gasteiger partial charge in [0.25, 0.3) is 0 Å². The molecular formula is C22H25ClN4O. The van der Waals surface area contributed by atoms with E-state index in [2.05, 4.69) is 22.7 Å². The highest BCUT2D eigenvalue weighted by molar-refractivity contribution is 6.30. The van der Waals surface area contributed by atoms with Crippen LogP contribution in [0.5, 0.6) is 0 Å². The first-order valence-electron chi connectivity index (χ1n) is 9.39. The molecule has 0 aliphatic heterocycles. The minimum absolute atomic E-state index is 0.0502. The Morgan fingerprint density at radius 1 is 1.11 bits per heavy atom. The van der Waals surface area contributed by atoms with Gasteiger partial charge in [-0.05, 0) is 56.3 Å². The van der Waals surface area contributed by atoms with Crippen molar-refractivity contribution in [3.05, 3.63) is 76.1 Å². The molecule has 5 nitrogen and oxygen atoms in total. The Labute approximate surface area is 170 Å². The van der Waals surface area contributed by atoms with Crippen molar-refractivity contribution in [3.63, 3.8) is 0 Å². The van der Waals surface area contributed by atoms with Crippen LogP contribution in [0.1, 0.15) is 29.4 Å². The molecular weight excluding hydrogens is 372 g/mol. The number of hydrogen-bond acceptors (Lipinski definition) is 3. The Balaban J connectivity index is 1.77. The fourth-order valence-electron chi connectivity index (χ4n) is 3.18. The Kier molecular flexibility index (Phi) is 6.49. The van der Waals surface area contributed by atoms with Gasteiger partial charge < -0.3 is 10.6 Å². The van der Waals surface area contributed by atoms with E-state index in [0.29, 0.717) is 5.02 Å². The van der Waals surface area contributed by atoms with E-state index in [1.165, 1.54) is 0 Å². The molecule has 0 radical (unpaired) electrons. The van der Waals surface area contributed by atoms with Crippen molar-refractivity contribution in [1.29, 1.82) is 0 Å². The summed E-state index contributed by atoms with van der Waals surface area (Å²) in [4.78, 5) is 12.7. The largest absolute Gasteiger partial charge is 0.325 e. The molecule has 0 aliphatic carbocycles. The minimum atomic E-state index is -0.0502. The number of benzene rings is 2. The molecule has 3 rings (SSSR count). The van der Waals surface area contributed by atoms with Crippen LogP contribution in [-0.4, -0.2) is 22.2 Å². The van der Waals surface area contributed by atoms with Crippen molar-refractivity contribution in [1.82, 2.24) is 15.1 Å². The number of aromatic nitrogens is 2.